The summed E-state index contributed by atoms with van der Waals surface area (Å²) in [6, 6.07) is 10.3. The molecule has 0 spiro atoms. The molecule has 4 N–H and O–H groups in total. The van der Waals surface area contributed by atoms with Crippen molar-refractivity contribution in [2.45, 2.75) is 0 Å². The first-order valence-corrected chi connectivity index (χ1v) is 5.88. The van der Waals surface area contributed by atoms with Gasteiger partial charge in [0.1, 0.15) is 0 Å². The normalized spacial score (nSPS) is 10.1. The lowest BCUT2D eigenvalue weighted by Gasteiger charge is -2.09. The third-order valence-corrected chi connectivity index (χ3v) is 2.73. The van der Waals surface area contributed by atoms with Crippen molar-refractivity contribution in [2.75, 3.05) is 11.1 Å². The van der Waals surface area contributed by atoms with Crippen LogP contribution in [0.3, 0.4) is 0 Å². The van der Waals surface area contributed by atoms with E-state index >= 15 is 0 Å². The number of hydrogen-bond donors (Lipinski definition) is 3. The average Bonchev–Trinajstić information content (AvgIpc) is 2.31. The topological polar surface area (TPSA) is 88.2 Å². The Morgan fingerprint density at radius 2 is 2.11 bits per heavy atom. The van der Waals surface area contributed by atoms with Crippen molar-refractivity contribution < 1.29 is 9.90 Å². The highest BCUT2D eigenvalue weighted by molar-refractivity contribution is 9.10. The maximum Gasteiger partial charge on any atom is 0.354 e. The third-order valence-electron chi connectivity index (χ3n) is 2.23. The van der Waals surface area contributed by atoms with Crippen LogP contribution in [0.25, 0.3) is 0 Å². The number of nitrogens with two attached hydrogens (primary N) is 1. The van der Waals surface area contributed by atoms with Crippen LogP contribution in [-0.4, -0.2) is 16.1 Å². The van der Waals surface area contributed by atoms with Gasteiger partial charge in [-0.05, 0) is 30.3 Å². The average molecular weight is 308 g/mol. The van der Waals surface area contributed by atoms with E-state index in [9.17, 15) is 4.79 Å². The molecule has 0 amide bonds. The molecule has 0 saturated carbocycles. The molecule has 1 heterocycles. The Bertz CT molecular complexity index is 602. The Kier molecular flexibility index (Phi) is 3.47. The fourth-order valence-electron chi connectivity index (χ4n) is 1.39. The van der Waals surface area contributed by atoms with Crippen LogP contribution in [0.4, 0.5) is 17.2 Å². The molecule has 2 rings (SSSR count). The highest BCUT2D eigenvalue weighted by atomic mass is 79.9. The molecule has 0 fully saturated rings. The van der Waals surface area contributed by atoms with Crippen molar-refractivity contribution in [3.8, 4) is 0 Å². The van der Waals surface area contributed by atoms with E-state index in [1.165, 1.54) is 12.1 Å². The van der Waals surface area contributed by atoms with E-state index in [1.807, 2.05) is 24.3 Å². The molecule has 0 aliphatic rings. The van der Waals surface area contributed by atoms with E-state index in [2.05, 4.69) is 26.2 Å². The van der Waals surface area contributed by atoms with Gasteiger partial charge in [0.2, 0.25) is 0 Å². The molecule has 6 heteroatoms. The monoisotopic (exact) mass is 307 g/mol. The molecule has 1 aromatic carbocycles. The second kappa shape index (κ2) is 5.05. The van der Waals surface area contributed by atoms with Gasteiger partial charge >= 0.3 is 5.97 Å². The number of nitrogens with one attached hydrogen (secondary N) is 1. The first-order valence-electron chi connectivity index (χ1n) is 5.08. The third kappa shape index (κ3) is 2.78. The number of halogens is 1. The van der Waals surface area contributed by atoms with Gasteiger partial charge in [-0.15, -0.1) is 0 Å². The second-order valence-electron chi connectivity index (χ2n) is 3.57. The molecule has 0 radical (unpaired) electrons. The van der Waals surface area contributed by atoms with Crippen LogP contribution in [0.5, 0.6) is 0 Å². The van der Waals surface area contributed by atoms with E-state index in [0.29, 0.717) is 11.5 Å². The van der Waals surface area contributed by atoms with Crippen molar-refractivity contribution >= 4 is 39.1 Å². The highest BCUT2D eigenvalue weighted by Gasteiger charge is 2.08. The lowest BCUT2D eigenvalue weighted by atomic mass is 10.3. The number of carboxylic acid groups (broad SMARTS) is 1. The maximum absolute atomic E-state index is 10.8. The largest absolute Gasteiger partial charge is 0.477 e. The molecule has 0 unspecified atom stereocenters. The van der Waals surface area contributed by atoms with E-state index < -0.39 is 5.97 Å². The molecule has 1 aromatic heterocycles. The van der Waals surface area contributed by atoms with Gasteiger partial charge in [0, 0.05) is 10.2 Å². The minimum Gasteiger partial charge on any atom is -0.477 e. The van der Waals surface area contributed by atoms with E-state index in [1.54, 1.807) is 0 Å². The van der Waals surface area contributed by atoms with Crippen molar-refractivity contribution in [3.05, 3.63) is 46.6 Å². The molecule has 5 nitrogen and oxygen atoms in total. The van der Waals surface area contributed by atoms with Crippen LogP contribution in [-0.2, 0) is 0 Å². The van der Waals surface area contributed by atoms with Crippen LogP contribution < -0.4 is 11.1 Å². The summed E-state index contributed by atoms with van der Waals surface area (Å²) in [5.41, 5.74) is 6.85. The van der Waals surface area contributed by atoms with Crippen LogP contribution in [0, 0.1) is 0 Å². The number of nitrogen functional groups attached to an aromatic ring is 1. The van der Waals surface area contributed by atoms with Gasteiger partial charge in [-0.25, -0.2) is 9.78 Å². The fraction of sp³-hybridized carbons (Fsp3) is 0. The summed E-state index contributed by atoms with van der Waals surface area (Å²) >= 11 is 3.35. The molecule has 0 aliphatic carbocycles. The highest BCUT2D eigenvalue weighted by Crippen LogP contribution is 2.23. The Hall–Kier alpha value is -2.08. The number of aromatic carboxylic acids is 1. The van der Waals surface area contributed by atoms with Crippen LogP contribution >= 0.6 is 15.9 Å². The SMILES string of the molecule is Nc1ccc(C(=O)O)nc1Nc1cccc(Br)c1. The molecule has 0 bridgehead atoms. The van der Waals surface area contributed by atoms with Crippen molar-refractivity contribution in [1.29, 1.82) is 0 Å². The molecule has 0 saturated heterocycles. The lowest BCUT2D eigenvalue weighted by molar-refractivity contribution is 0.0690. The summed E-state index contributed by atoms with van der Waals surface area (Å²) in [6.45, 7) is 0. The number of nitrogens with zero attached hydrogens (tertiary/aromatic N) is 1. The number of carboxylic acids is 1. The van der Waals surface area contributed by atoms with E-state index in [-0.39, 0.29) is 5.69 Å². The summed E-state index contributed by atoms with van der Waals surface area (Å²) < 4.78 is 0.903. The number of carbonyl (C=O) groups is 1. The Morgan fingerprint density at radius 3 is 2.78 bits per heavy atom. The van der Waals surface area contributed by atoms with Crippen LogP contribution in [0.2, 0.25) is 0 Å². The standard InChI is InChI=1S/C12H10BrN3O2/c13-7-2-1-3-8(6-7)15-11-9(14)4-5-10(16-11)12(17)18/h1-6H,14H2,(H,15,16)(H,17,18). The number of anilines is 3. The molecule has 0 atom stereocenters. The van der Waals surface area contributed by atoms with Gasteiger partial charge in [-0.3, -0.25) is 0 Å². The zero-order chi connectivity index (χ0) is 13.1. The zero-order valence-electron chi connectivity index (χ0n) is 9.22. The number of hydrogen-bond acceptors (Lipinski definition) is 4. The first-order chi connectivity index (χ1) is 8.56. The van der Waals surface area contributed by atoms with E-state index in [4.69, 9.17) is 10.8 Å². The number of aromatic nitrogens is 1. The van der Waals surface area contributed by atoms with Gasteiger partial charge in [0.25, 0.3) is 0 Å². The fourth-order valence-corrected chi connectivity index (χ4v) is 1.79. The molecule has 18 heavy (non-hydrogen) atoms. The number of pyridine rings is 1. The molecule has 0 aliphatic heterocycles. The maximum atomic E-state index is 10.8. The molecule has 92 valence electrons. The molecular weight excluding hydrogens is 298 g/mol. The lowest BCUT2D eigenvalue weighted by Crippen LogP contribution is -2.05. The minimum atomic E-state index is -1.09. The Balaban J connectivity index is 2.33. The number of rotatable bonds is 3. The summed E-state index contributed by atoms with van der Waals surface area (Å²) in [7, 11) is 0. The second-order valence-corrected chi connectivity index (χ2v) is 4.49. The van der Waals surface area contributed by atoms with Crippen molar-refractivity contribution in [3.63, 3.8) is 0 Å². The van der Waals surface area contributed by atoms with Crippen LogP contribution in [0.1, 0.15) is 10.5 Å². The smallest absolute Gasteiger partial charge is 0.354 e. The molecular formula is C12H10BrN3O2. The number of benzene rings is 1. The minimum absolute atomic E-state index is 0.0540. The summed E-state index contributed by atoms with van der Waals surface area (Å²) in [5.74, 6) is -0.764. The van der Waals surface area contributed by atoms with E-state index in [0.717, 1.165) is 10.2 Å². The van der Waals surface area contributed by atoms with Gasteiger partial charge in [0.15, 0.2) is 11.5 Å². The molecule has 2 aromatic rings. The first kappa shape index (κ1) is 12.4. The van der Waals surface area contributed by atoms with Gasteiger partial charge < -0.3 is 16.2 Å². The zero-order valence-corrected chi connectivity index (χ0v) is 10.8. The summed E-state index contributed by atoms with van der Waals surface area (Å²) in [6.07, 6.45) is 0. The predicted octanol–water partition coefficient (Wildman–Crippen LogP) is 2.87. The van der Waals surface area contributed by atoms with Crippen LogP contribution in [0.15, 0.2) is 40.9 Å². The van der Waals surface area contributed by atoms with Gasteiger partial charge in [0.05, 0.1) is 5.69 Å². The quantitative estimate of drug-likeness (QED) is 0.811. The van der Waals surface area contributed by atoms with Gasteiger partial charge in [-0.2, -0.15) is 0 Å². The Labute approximate surface area is 112 Å². The van der Waals surface area contributed by atoms with Crippen molar-refractivity contribution in [1.82, 2.24) is 4.98 Å². The predicted molar refractivity (Wildman–Crippen MR) is 73.0 cm³/mol. The summed E-state index contributed by atoms with van der Waals surface area (Å²) in [5, 5.41) is 11.9. The van der Waals surface area contributed by atoms with Gasteiger partial charge in [-0.1, -0.05) is 22.0 Å². The van der Waals surface area contributed by atoms with Crippen molar-refractivity contribution in [2.24, 2.45) is 0 Å². The summed E-state index contributed by atoms with van der Waals surface area (Å²) in [4.78, 5) is 14.8. The Morgan fingerprint density at radius 1 is 1.33 bits per heavy atom.